The summed E-state index contributed by atoms with van der Waals surface area (Å²) in [6.45, 7) is 0. The molecule has 2 aliphatic heterocycles. The molecule has 7 heteroatoms. The zero-order chi connectivity index (χ0) is 16.4. The summed E-state index contributed by atoms with van der Waals surface area (Å²) in [4.78, 5) is 16.5. The molecule has 126 valence electrons. The maximum absolute atomic E-state index is 12.4. The fourth-order valence-corrected chi connectivity index (χ4v) is 4.35. The van der Waals surface area contributed by atoms with Crippen molar-refractivity contribution in [2.45, 2.75) is 54.7 Å². The maximum atomic E-state index is 12.4. The van der Waals surface area contributed by atoms with Crippen LogP contribution >= 0.6 is 11.8 Å². The molecular formula is C17H21N5OS. The molecule has 0 radical (unpaired) electrons. The minimum absolute atomic E-state index is 0.0377. The Morgan fingerprint density at radius 1 is 1.21 bits per heavy atom. The van der Waals surface area contributed by atoms with Gasteiger partial charge in [0.1, 0.15) is 6.33 Å². The molecule has 4 rings (SSSR count). The van der Waals surface area contributed by atoms with Crippen molar-refractivity contribution in [3.05, 3.63) is 41.7 Å². The van der Waals surface area contributed by atoms with Gasteiger partial charge in [0.05, 0.1) is 0 Å². The number of carbonyl (C=O) groups excluding carboxylic acids is 1. The van der Waals surface area contributed by atoms with Crippen LogP contribution in [0.25, 0.3) is 0 Å². The first-order valence-electron chi connectivity index (χ1n) is 8.40. The van der Waals surface area contributed by atoms with Crippen molar-refractivity contribution in [3.8, 4) is 0 Å². The highest BCUT2D eigenvalue weighted by molar-refractivity contribution is 7.98. The smallest absolute Gasteiger partial charge is 0.251 e. The second-order valence-electron chi connectivity index (χ2n) is 6.56. The van der Waals surface area contributed by atoms with Crippen molar-refractivity contribution in [2.75, 3.05) is 0 Å². The van der Waals surface area contributed by atoms with Crippen LogP contribution in [0.1, 0.15) is 41.6 Å². The SMILES string of the molecule is O=C(NC1CC2CCC(C1)N2)c1ccc(CSc2ncn[nH]2)cc1. The molecule has 2 aromatic rings. The molecule has 3 N–H and O–H groups in total. The number of hydrogen-bond acceptors (Lipinski definition) is 5. The second kappa shape index (κ2) is 6.94. The van der Waals surface area contributed by atoms with E-state index in [-0.39, 0.29) is 5.91 Å². The Bertz CT molecular complexity index is 676. The fraction of sp³-hybridized carbons (Fsp3) is 0.471. The van der Waals surface area contributed by atoms with Gasteiger partial charge in [0.2, 0.25) is 0 Å². The highest BCUT2D eigenvalue weighted by Gasteiger charge is 2.34. The van der Waals surface area contributed by atoms with Crippen molar-refractivity contribution < 1.29 is 4.79 Å². The van der Waals surface area contributed by atoms with E-state index in [1.807, 2.05) is 24.3 Å². The molecule has 3 heterocycles. The van der Waals surface area contributed by atoms with E-state index in [1.54, 1.807) is 11.8 Å². The Kier molecular flexibility index (Phi) is 4.53. The summed E-state index contributed by atoms with van der Waals surface area (Å²) in [5.74, 6) is 0.838. The lowest BCUT2D eigenvalue weighted by atomic mass is 9.99. The summed E-state index contributed by atoms with van der Waals surface area (Å²) >= 11 is 1.59. The molecule has 2 aliphatic rings. The number of fused-ring (bicyclic) bond motifs is 2. The van der Waals surface area contributed by atoms with Gasteiger partial charge in [-0.05, 0) is 43.4 Å². The number of thioether (sulfide) groups is 1. The summed E-state index contributed by atoms with van der Waals surface area (Å²) in [5.41, 5.74) is 1.89. The zero-order valence-electron chi connectivity index (χ0n) is 13.4. The van der Waals surface area contributed by atoms with E-state index in [4.69, 9.17) is 0 Å². The lowest BCUT2D eigenvalue weighted by molar-refractivity contribution is 0.0924. The van der Waals surface area contributed by atoms with Gasteiger partial charge in [-0.25, -0.2) is 4.98 Å². The topological polar surface area (TPSA) is 82.7 Å². The third kappa shape index (κ3) is 3.62. The highest BCUT2D eigenvalue weighted by atomic mass is 32.2. The van der Waals surface area contributed by atoms with E-state index in [0.717, 1.165) is 34.9 Å². The molecule has 1 aromatic heterocycles. The van der Waals surface area contributed by atoms with Crippen LogP contribution in [0.4, 0.5) is 0 Å². The Morgan fingerprint density at radius 3 is 2.62 bits per heavy atom. The van der Waals surface area contributed by atoms with Gasteiger partial charge in [-0.2, -0.15) is 5.10 Å². The fourth-order valence-electron chi connectivity index (χ4n) is 3.61. The summed E-state index contributed by atoms with van der Waals surface area (Å²) in [5, 5.41) is 14.3. The number of nitrogens with one attached hydrogen (secondary N) is 3. The number of H-pyrrole nitrogens is 1. The number of nitrogens with zero attached hydrogens (tertiary/aromatic N) is 2. The van der Waals surface area contributed by atoms with Gasteiger partial charge in [-0.3, -0.25) is 9.89 Å². The normalized spacial score (nSPS) is 25.6. The molecule has 2 unspecified atom stereocenters. The number of benzene rings is 1. The lowest BCUT2D eigenvalue weighted by Crippen LogP contribution is -2.48. The van der Waals surface area contributed by atoms with Crippen LogP contribution in [0.2, 0.25) is 0 Å². The summed E-state index contributed by atoms with van der Waals surface area (Å²) in [6, 6.07) is 9.30. The molecule has 0 spiro atoms. The molecule has 1 aromatic carbocycles. The lowest BCUT2D eigenvalue weighted by Gasteiger charge is -2.29. The largest absolute Gasteiger partial charge is 0.349 e. The average Bonchev–Trinajstić information content (AvgIpc) is 3.23. The van der Waals surface area contributed by atoms with Crippen molar-refractivity contribution in [3.63, 3.8) is 0 Å². The molecule has 1 amide bonds. The number of amides is 1. The van der Waals surface area contributed by atoms with Crippen molar-refractivity contribution in [1.82, 2.24) is 25.8 Å². The van der Waals surface area contributed by atoms with Gasteiger partial charge in [0.15, 0.2) is 5.16 Å². The third-order valence-corrected chi connectivity index (χ3v) is 5.74. The minimum atomic E-state index is 0.0377. The summed E-state index contributed by atoms with van der Waals surface area (Å²) < 4.78 is 0. The van der Waals surface area contributed by atoms with Crippen LogP contribution in [0, 0.1) is 0 Å². The number of carbonyl (C=O) groups is 1. The van der Waals surface area contributed by atoms with Gasteiger partial charge in [-0.1, -0.05) is 23.9 Å². The zero-order valence-corrected chi connectivity index (χ0v) is 14.2. The molecule has 24 heavy (non-hydrogen) atoms. The Morgan fingerprint density at radius 2 is 1.96 bits per heavy atom. The van der Waals surface area contributed by atoms with E-state index < -0.39 is 0 Å². The van der Waals surface area contributed by atoms with Crippen LogP contribution in [0.15, 0.2) is 35.7 Å². The van der Waals surface area contributed by atoms with Crippen LogP contribution in [-0.4, -0.2) is 39.2 Å². The number of hydrogen-bond donors (Lipinski definition) is 3. The first-order valence-corrected chi connectivity index (χ1v) is 9.39. The van der Waals surface area contributed by atoms with Gasteiger partial charge in [0.25, 0.3) is 5.91 Å². The van der Waals surface area contributed by atoms with Crippen LogP contribution in [0.3, 0.4) is 0 Å². The quantitative estimate of drug-likeness (QED) is 0.724. The standard InChI is InChI=1S/C17H21N5OS/c23-16(21-15-7-13-5-6-14(8-15)20-13)12-3-1-11(2-4-12)9-24-17-18-10-19-22-17/h1-4,10,13-15,20H,5-9H2,(H,21,23)(H,18,19,22). The van der Waals surface area contributed by atoms with E-state index in [0.29, 0.717) is 18.1 Å². The van der Waals surface area contributed by atoms with Crippen LogP contribution in [0.5, 0.6) is 0 Å². The average molecular weight is 343 g/mol. The monoisotopic (exact) mass is 343 g/mol. The Labute approximate surface area is 145 Å². The van der Waals surface area contributed by atoms with E-state index in [1.165, 1.54) is 19.2 Å². The highest BCUT2D eigenvalue weighted by Crippen LogP contribution is 2.27. The maximum Gasteiger partial charge on any atom is 0.251 e. The van der Waals surface area contributed by atoms with Crippen molar-refractivity contribution >= 4 is 17.7 Å². The third-order valence-electron chi connectivity index (χ3n) is 4.79. The van der Waals surface area contributed by atoms with E-state index in [2.05, 4.69) is 25.8 Å². The van der Waals surface area contributed by atoms with E-state index in [9.17, 15) is 4.79 Å². The summed E-state index contributed by atoms with van der Waals surface area (Å²) in [6.07, 6.45) is 6.09. The Balaban J connectivity index is 1.31. The van der Waals surface area contributed by atoms with Crippen molar-refractivity contribution in [2.24, 2.45) is 0 Å². The molecule has 2 saturated heterocycles. The number of aromatic nitrogens is 3. The Hall–Kier alpha value is -1.86. The molecule has 2 bridgehead atoms. The minimum Gasteiger partial charge on any atom is -0.349 e. The van der Waals surface area contributed by atoms with Gasteiger partial charge in [0, 0.05) is 29.4 Å². The van der Waals surface area contributed by atoms with Crippen molar-refractivity contribution in [1.29, 1.82) is 0 Å². The van der Waals surface area contributed by atoms with Gasteiger partial charge < -0.3 is 10.6 Å². The van der Waals surface area contributed by atoms with E-state index >= 15 is 0 Å². The number of rotatable bonds is 5. The predicted octanol–water partition coefficient (Wildman–Crippen LogP) is 2.11. The second-order valence-corrected chi connectivity index (χ2v) is 7.52. The molecule has 0 aliphatic carbocycles. The molecule has 2 atom stereocenters. The van der Waals surface area contributed by atoms with Crippen LogP contribution < -0.4 is 10.6 Å². The summed E-state index contributed by atoms with van der Waals surface area (Å²) in [7, 11) is 0. The van der Waals surface area contributed by atoms with Crippen LogP contribution in [-0.2, 0) is 5.75 Å². The molecule has 2 fully saturated rings. The number of piperidine rings is 1. The first kappa shape index (κ1) is 15.7. The first-order chi connectivity index (χ1) is 11.8. The number of aromatic amines is 1. The molecule has 0 saturated carbocycles. The van der Waals surface area contributed by atoms with Gasteiger partial charge >= 0.3 is 0 Å². The molecular weight excluding hydrogens is 322 g/mol. The van der Waals surface area contributed by atoms with Gasteiger partial charge in [-0.15, -0.1) is 0 Å². The predicted molar refractivity (Wildman–Crippen MR) is 92.8 cm³/mol. The molecule has 6 nitrogen and oxygen atoms in total.